The van der Waals surface area contributed by atoms with Gasteiger partial charge in [0.25, 0.3) is 6.33 Å². The molecular formula is C93H74N4OPtSi-2. The minimum absolute atomic E-state index is 0. The second-order valence-electron chi connectivity index (χ2n) is 25.2. The van der Waals surface area contributed by atoms with E-state index in [9.17, 15) is 30.2 Å². The van der Waals surface area contributed by atoms with E-state index in [-0.39, 0.29) is 99.7 Å². The molecule has 0 fully saturated rings. The predicted octanol–water partition coefficient (Wildman–Crippen LogP) is 20.2. The summed E-state index contributed by atoms with van der Waals surface area (Å²) in [6, 6.07) is 0.211. The molecule has 0 N–H and O–H groups in total. The first kappa shape index (κ1) is 35.2. The normalized spacial score (nSPS) is 17.2. The maximum atomic E-state index is 11.4. The third-order valence-corrected chi connectivity index (χ3v) is 21.1. The minimum atomic E-state index is -6.68. The van der Waals surface area contributed by atoms with Crippen LogP contribution in [0.5, 0.6) is 11.5 Å². The number of imidazole rings is 1. The van der Waals surface area contributed by atoms with Crippen molar-refractivity contribution < 1.29 is 81.1 Å². The van der Waals surface area contributed by atoms with Gasteiger partial charge in [0.15, 0.2) is 8.07 Å². The van der Waals surface area contributed by atoms with Crippen LogP contribution in [0.3, 0.4) is 0 Å². The fourth-order valence-corrected chi connectivity index (χ4v) is 15.8. The van der Waals surface area contributed by atoms with Gasteiger partial charge in [-0.05, 0) is 147 Å². The Morgan fingerprint density at radius 1 is 0.450 bits per heavy atom. The number of benzene rings is 13. The number of aryl methyl sites for hydroxylation is 1. The summed E-state index contributed by atoms with van der Waals surface area (Å²) in [7, 11) is -6.68. The molecule has 0 spiro atoms. The Hall–Kier alpha value is -11.0. The summed E-state index contributed by atoms with van der Waals surface area (Å²) in [5, 5.41) is -3.53. The SMILES string of the molecule is [2H]c1c([2H])c([2H])c(-c2cc(-c3cc(C(C)(C)C)cc(C(C)(C)C)c3)c(-[n+]3[c-]n(-c4[c-]c(Oc5[c-]c6c(cc5)c5ccccc5n6-c5cc(C([2H])([2H])[2H])c(-c6c([2H])c([2H])c([2H])c([2H])c6[2H])cn5)ccc4)c4cc(-c5c([2H])c([2H])c([2H])c([2H])c5[2H])ccc43)c(-c3c([2H])c([2H])c([2H])c([Si](c4c([2H])c([2H])c([2H])c([2H])c4[2H])(c4c([2H])c([2H])c([2H])c([2H])c4[2H])c4c([2H])c([2H])c([2H])c([2H])c4[2H])c3[2H])c2)c([2H])c1[2H].[Pt]. The average Bonchev–Trinajstić information content (AvgIpc) is 1.02. The molecule has 0 aliphatic rings. The van der Waals surface area contributed by atoms with Gasteiger partial charge in [0.2, 0.25) is 0 Å². The van der Waals surface area contributed by atoms with Gasteiger partial charge in [0.1, 0.15) is 5.82 Å². The van der Waals surface area contributed by atoms with Crippen molar-refractivity contribution in [2.45, 2.75) is 59.2 Å². The Morgan fingerprint density at radius 3 is 1.61 bits per heavy atom. The van der Waals surface area contributed by atoms with E-state index in [1.165, 1.54) is 57.7 Å². The first-order valence-corrected chi connectivity index (χ1v) is 33.1. The molecule has 3 heterocycles. The van der Waals surface area contributed by atoms with Gasteiger partial charge in [0.05, 0.1) is 63.3 Å². The molecule has 5 nitrogen and oxygen atoms in total. The third kappa shape index (κ3) is 12.1. The van der Waals surface area contributed by atoms with Gasteiger partial charge in [-0.25, -0.2) is 4.98 Å². The molecule has 488 valence electrons. The quantitative estimate of drug-likeness (QED) is 0.0471. The maximum absolute atomic E-state index is 11.4. The second-order valence-corrected chi connectivity index (χ2v) is 28.7. The van der Waals surface area contributed by atoms with E-state index in [4.69, 9.17) is 30.3 Å². The largest absolute Gasteiger partial charge is 0.510 e. The monoisotopic (exact) mass is 1520 g/mol. The van der Waals surface area contributed by atoms with Crippen molar-refractivity contribution in [3.63, 3.8) is 0 Å². The first-order chi connectivity index (χ1) is 63.5. The molecule has 0 aliphatic carbocycles. The molecule has 7 heteroatoms. The fourth-order valence-electron chi connectivity index (χ4n) is 12.3. The average molecular weight is 1520 g/mol. The van der Waals surface area contributed by atoms with E-state index in [0.717, 1.165) is 12.3 Å². The first-order valence-electron chi connectivity index (χ1n) is 49.6. The number of fused-ring (bicyclic) bond motifs is 4. The number of hydrogen-bond acceptors (Lipinski definition) is 2. The van der Waals surface area contributed by atoms with Crippen LogP contribution in [0.15, 0.2) is 321 Å². The predicted molar refractivity (Wildman–Crippen MR) is 413 cm³/mol. The van der Waals surface area contributed by atoms with Gasteiger partial charge in [0, 0.05) is 54.0 Å². The molecule has 100 heavy (non-hydrogen) atoms. The molecule has 0 amide bonds. The Labute approximate surface area is 654 Å². The van der Waals surface area contributed by atoms with Crippen molar-refractivity contribution in [1.29, 1.82) is 0 Å². The Bertz CT molecular complexity index is 7600. The molecule has 0 radical (unpaired) electrons. The summed E-state index contributed by atoms with van der Waals surface area (Å²) >= 11 is 0. The van der Waals surface area contributed by atoms with E-state index >= 15 is 0 Å². The molecular weight excluding hydrogens is 1410 g/mol. The van der Waals surface area contributed by atoms with Crippen LogP contribution in [0, 0.1) is 25.3 Å². The van der Waals surface area contributed by atoms with Crippen molar-refractivity contribution in [2.75, 3.05) is 0 Å². The standard InChI is InChI=1S/C93H74N4OSi.Pt/c1-64-52-90(94-62-85(64)67-34-18-10-19-35-67)97-86-47-27-26-46-81(86)82-50-49-76(61-88(82)97)98-75-38-29-37-74(60-75)95-63-96(87-51-48-68(58-89(87)95)65-30-14-8-15-31-65)91-83(56-70(66-32-16-9-17-33-66)57-84(91)71-53-72(92(2,3)4)59-73(54-71)93(5,6)7)69-36-28-45-80(55-69)99(77-39-20-11-21-40-77,78-41-22-12-23-42-78)79-43-24-13-25-44-79;/h8-59,62H,1-7H3;/q-2;/i1D3,8D,9D,10D,11D,12D,13D,14D,15D,16D,17D,18D,19D,20D,21D,22D,23D,24D,25D,28D,30D,31D,32D,33D,34D,35D,36D,39D,40D,41D,42D,43D,44D,45D,55D;. The molecule has 0 saturated carbocycles. The van der Waals surface area contributed by atoms with E-state index in [1.807, 2.05) is 47.6 Å². The zero-order valence-corrected chi connectivity index (χ0v) is 57.3. The number of rotatable bonds is 14. The van der Waals surface area contributed by atoms with Gasteiger partial charge in [-0.1, -0.05) is 301 Å². The van der Waals surface area contributed by atoms with Crippen molar-refractivity contribution in [1.82, 2.24) is 14.1 Å². The summed E-state index contributed by atoms with van der Waals surface area (Å²) < 4.78 is 359. The minimum Gasteiger partial charge on any atom is -0.510 e. The van der Waals surface area contributed by atoms with Crippen molar-refractivity contribution in [3.05, 3.63) is 356 Å². The molecule has 0 saturated heterocycles. The van der Waals surface area contributed by atoms with Gasteiger partial charge >= 0.3 is 0 Å². The smallest absolute Gasteiger partial charge is 0.268 e. The van der Waals surface area contributed by atoms with E-state index < -0.39 is 280 Å². The fraction of sp³-hybridized carbons (Fsp3) is 0.0968. The van der Waals surface area contributed by atoms with Gasteiger partial charge in [-0.2, -0.15) is 18.2 Å². The van der Waals surface area contributed by atoms with Crippen LogP contribution >= 0.6 is 0 Å². The number of hydrogen-bond donors (Lipinski definition) is 0. The van der Waals surface area contributed by atoms with Crippen LogP contribution in [0.2, 0.25) is 0 Å². The molecule has 3 aromatic heterocycles. The van der Waals surface area contributed by atoms with Crippen LogP contribution in [0.25, 0.3) is 106 Å². The third-order valence-electron chi connectivity index (χ3n) is 17.1. The molecule has 13 aromatic carbocycles. The van der Waals surface area contributed by atoms with Crippen molar-refractivity contribution in [3.8, 4) is 84.3 Å². The van der Waals surface area contributed by atoms with E-state index in [1.54, 1.807) is 53.1 Å². The van der Waals surface area contributed by atoms with Crippen LogP contribution in [-0.2, 0) is 31.9 Å². The Morgan fingerprint density at radius 2 is 1.00 bits per heavy atom. The van der Waals surface area contributed by atoms with E-state index in [2.05, 4.69) is 18.5 Å². The van der Waals surface area contributed by atoms with Crippen LogP contribution in [-0.4, -0.2) is 22.2 Å². The molecule has 0 unspecified atom stereocenters. The summed E-state index contributed by atoms with van der Waals surface area (Å²) in [6.45, 7) is 8.48. The summed E-state index contributed by atoms with van der Waals surface area (Å²) in [6.07, 6.45) is 4.54. The number of nitrogens with zero attached hydrogens (tertiary/aromatic N) is 4. The number of pyridine rings is 1. The van der Waals surface area contributed by atoms with Gasteiger partial charge in [-0.3, -0.25) is 4.57 Å². The van der Waals surface area contributed by atoms with Crippen LogP contribution < -0.4 is 30.1 Å². The number of ether oxygens (including phenoxy) is 1. The summed E-state index contributed by atoms with van der Waals surface area (Å²) in [4.78, 5) is 4.70. The van der Waals surface area contributed by atoms with Crippen LogP contribution in [0.4, 0.5) is 0 Å². The summed E-state index contributed by atoms with van der Waals surface area (Å²) in [5.74, 6) is -0.111. The number of aromatic nitrogens is 4. The molecule has 16 aromatic rings. The topological polar surface area (TPSA) is 35.9 Å². The zero-order valence-electron chi connectivity index (χ0n) is 91.0. The van der Waals surface area contributed by atoms with Gasteiger partial charge < -0.3 is 13.9 Å². The Kier molecular flexibility index (Phi) is 9.38. The number of para-hydroxylation sites is 1. The van der Waals surface area contributed by atoms with E-state index in [0.29, 0.717) is 27.4 Å². The van der Waals surface area contributed by atoms with Gasteiger partial charge in [-0.15, -0.1) is 29.7 Å². The second kappa shape index (κ2) is 26.7. The van der Waals surface area contributed by atoms with Crippen LogP contribution in [0.1, 0.15) is 109 Å². The molecule has 16 rings (SSSR count). The zero-order chi connectivity index (χ0) is 99.5. The van der Waals surface area contributed by atoms with Crippen molar-refractivity contribution in [2.24, 2.45) is 0 Å². The Balaban J connectivity index is 0.0000143. The van der Waals surface area contributed by atoms with Crippen molar-refractivity contribution >= 4 is 61.7 Å². The maximum Gasteiger partial charge on any atom is 0.268 e. The summed E-state index contributed by atoms with van der Waals surface area (Å²) in [5.41, 5.74) is -3.53. The molecule has 0 atom stereocenters. The molecule has 0 aliphatic heterocycles. The molecule has 0 bridgehead atoms.